The summed E-state index contributed by atoms with van der Waals surface area (Å²) in [5.41, 5.74) is 1.34. The van der Waals surface area contributed by atoms with Crippen molar-refractivity contribution in [3.8, 4) is 11.5 Å². The number of fused-ring (bicyclic) bond motifs is 1. The maximum absolute atomic E-state index is 13.5. The number of hydrogen-bond acceptors (Lipinski definition) is 7. The van der Waals surface area contributed by atoms with Crippen LogP contribution in [0.3, 0.4) is 0 Å². The average molecular weight is 466 g/mol. The van der Waals surface area contributed by atoms with Crippen molar-refractivity contribution in [3.05, 3.63) is 59.2 Å². The van der Waals surface area contributed by atoms with Gasteiger partial charge in [-0.1, -0.05) is 12.1 Å². The van der Waals surface area contributed by atoms with Gasteiger partial charge in [-0.2, -0.15) is 0 Å². The van der Waals surface area contributed by atoms with E-state index in [0.29, 0.717) is 22.6 Å². The van der Waals surface area contributed by atoms with Gasteiger partial charge in [0.15, 0.2) is 5.79 Å². The fourth-order valence-corrected chi connectivity index (χ4v) is 4.93. The van der Waals surface area contributed by atoms with E-state index in [-0.39, 0.29) is 19.1 Å². The number of β-lactam (4-membered cyclic amide) rings is 1. The monoisotopic (exact) mass is 466 g/mol. The molecule has 5 rings (SSSR count). The molecule has 0 aliphatic carbocycles. The molecule has 2 aromatic carbocycles. The lowest BCUT2D eigenvalue weighted by Gasteiger charge is -2.51. The fraction of sp³-hybridized carbons (Fsp3) is 0.400. The minimum atomic E-state index is -0.980. The summed E-state index contributed by atoms with van der Waals surface area (Å²) in [5, 5.41) is 0. The second kappa shape index (κ2) is 8.11. The zero-order valence-corrected chi connectivity index (χ0v) is 19.4. The van der Waals surface area contributed by atoms with Crippen LogP contribution < -0.4 is 9.47 Å². The quantitative estimate of drug-likeness (QED) is 0.476. The van der Waals surface area contributed by atoms with Crippen LogP contribution in [0, 0.1) is 0 Å². The highest BCUT2D eigenvalue weighted by atomic mass is 16.7. The van der Waals surface area contributed by atoms with Crippen LogP contribution in [0.2, 0.25) is 0 Å². The van der Waals surface area contributed by atoms with Gasteiger partial charge in [0.25, 0.3) is 11.8 Å². The predicted molar refractivity (Wildman–Crippen MR) is 120 cm³/mol. The van der Waals surface area contributed by atoms with Crippen LogP contribution in [-0.4, -0.2) is 72.3 Å². The number of hydrogen-bond donors (Lipinski definition) is 0. The molecular formula is C25H26N2O7. The lowest BCUT2D eigenvalue weighted by Crippen LogP contribution is -2.74. The molecule has 1 unspecified atom stereocenters. The van der Waals surface area contributed by atoms with Crippen molar-refractivity contribution < 1.29 is 33.3 Å². The maximum atomic E-state index is 13.5. The van der Waals surface area contributed by atoms with Crippen LogP contribution >= 0.6 is 0 Å². The smallest absolute Gasteiger partial charge is 0.262 e. The van der Waals surface area contributed by atoms with Crippen LogP contribution in [0.15, 0.2) is 42.5 Å². The van der Waals surface area contributed by atoms with Crippen LogP contribution in [0.25, 0.3) is 0 Å². The summed E-state index contributed by atoms with van der Waals surface area (Å²) in [7, 11) is 3.12. The van der Waals surface area contributed by atoms with Gasteiger partial charge >= 0.3 is 0 Å². The maximum Gasteiger partial charge on any atom is 0.262 e. The zero-order chi connectivity index (χ0) is 24.2. The highest BCUT2D eigenvalue weighted by Crippen LogP contribution is 2.40. The van der Waals surface area contributed by atoms with Crippen molar-refractivity contribution in [2.24, 2.45) is 0 Å². The Hall–Kier alpha value is -3.43. The Morgan fingerprint density at radius 1 is 1.00 bits per heavy atom. The number of methoxy groups -OCH3 is 2. The first-order valence-electron chi connectivity index (χ1n) is 11.1. The first kappa shape index (κ1) is 22.4. The van der Waals surface area contributed by atoms with Gasteiger partial charge in [0, 0.05) is 5.56 Å². The third-order valence-electron chi connectivity index (χ3n) is 6.56. The van der Waals surface area contributed by atoms with E-state index in [1.165, 1.54) is 0 Å². The second-order valence-electron chi connectivity index (χ2n) is 8.97. The summed E-state index contributed by atoms with van der Waals surface area (Å²) >= 11 is 0. The van der Waals surface area contributed by atoms with Crippen molar-refractivity contribution >= 4 is 17.7 Å². The molecule has 3 aliphatic heterocycles. The van der Waals surface area contributed by atoms with Gasteiger partial charge < -0.3 is 23.8 Å². The van der Waals surface area contributed by atoms with Crippen molar-refractivity contribution in [1.82, 2.24) is 9.80 Å². The Morgan fingerprint density at radius 3 is 2.24 bits per heavy atom. The molecule has 34 heavy (non-hydrogen) atoms. The standard InChI is InChI=1S/C25H26N2O7/c1-25(2)33-13-19(34-25)20-21(27-22(28)16-7-5-6-8-17(16)23(27)29)24(30)26(20)12-14-11-15(31-3)9-10-18(14)32-4/h5-11,19-21H,12-13H2,1-4H3/t19?,20-,21+/m1/s1. The molecule has 2 aromatic rings. The van der Waals surface area contributed by atoms with Crippen molar-refractivity contribution in [1.29, 1.82) is 0 Å². The molecule has 0 aromatic heterocycles. The number of rotatable bonds is 6. The highest BCUT2D eigenvalue weighted by molar-refractivity contribution is 6.23. The summed E-state index contributed by atoms with van der Waals surface area (Å²) in [6.07, 6.45) is -0.515. The molecule has 3 atom stereocenters. The van der Waals surface area contributed by atoms with Crippen molar-refractivity contribution in [2.75, 3.05) is 20.8 Å². The number of benzene rings is 2. The Bertz CT molecular complexity index is 1140. The van der Waals surface area contributed by atoms with E-state index >= 15 is 0 Å². The van der Waals surface area contributed by atoms with Crippen LogP contribution in [0.4, 0.5) is 0 Å². The van der Waals surface area contributed by atoms with Gasteiger partial charge in [-0.15, -0.1) is 0 Å². The van der Waals surface area contributed by atoms with Gasteiger partial charge in [-0.05, 0) is 44.2 Å². The molecule has 3 heterocycles. The number of likely N-dealkylation sites (tertiary alicyclic amines) is 1. The van der Waals surface area contributed by atoms with Crippen molar-refractivity contribution in [3.63, 3.8) is 0 Å². The molecule has 0 N–H and O–H groups in total. The van der Waals surface area contributed by atoms with E-state index in [1.54, 1.807) is 75.4 Å². The molecule has 178 valence electrons. The third kappa shape index (κ3) is 3.43. The molecule has 9 heteroatoms. The summed E-state index contributed by atoms with van der Waals surface area (Å²) in [6, 6.07) is 10.4. The first-order chi connectivity index (χ1) is 16.3. The van der Waals surface area contributed by atoms with Gasteiger partial charge in [-0.3, -0.25) is 19.3 Å². The Kier molecular flexibility index (Phi) is 5.33. The Balaban J connectivity index is 1.49. The Labute approximate surface area is 197 Å². The minimum absolute atomic E-state index is 0.198. The predicted octanol–water partition coefficient (Wildman–Crippen LogP) is 2.23. The lowest BCUT2D eigenvalue weighted by molar-refractivity contribution is -0.179. The van der Waals surface area contributed by atoms with Gasteiger partial charge in [0.05, 0.1) is 44.5 Å². The van der Waals surface area contributed by atoms with Crippen LogP contribution in [0.1, 0.15) is 40.1 Å². The van der Waals surface area contributed by atoms with Crippen molar-refractivity contribution in [2.45, 2.75) is 44.4 Å². The third-order valence-corrected chi connectivity index (χ3v) is 6.56. The molecule has 0 radical (unpaired) electrons. The number of carbonyl (C=O) groups excluding carboxylic acids is 3. The number of ether oxygens (including phenoxy) is 4. The molecule has 0 spiro atoms. The molecular weight excluding hydrogens is 440 g/mol. The van der Waals surface area contributed by atoms with E-state index in [0.717, 1.165) is 10.5 Å². The first-order valence-corrected chi connectivity index (χ1v) is 11.1. The largest absolute Gasteiger partial charge is 0.497 e. The number of carbonyl (C=O) groups is 3. The van der Waals surface area contributed by atoms with E-state index in [4.69, 9.17) is 18.9 Å². The topological polar surface area (TPSA) is 94.6 Å². The van der Waals surface area contributed by atoms with Gasteiger partial charge in [0.2, 0.25) is 5.91 Å². The molecule has 2 fully saturated rings. The molecule has 0 saturated carbocycles. The van der Waals surface area contributed by atoms with E-state index in [2.05, 4.69) is 0 Å². The fourth-order valence-electron chi connectivity index (χ4n) is 4.93. The summed E-state index contributed by atoms with van der Waals surface area (Å²) in [6.45, 7) is 4.01. The number of amides is 3. The normalized spacial score (nSPS) is 25.4. The summed E-state index contributed by atoms with van der Waals surface area (Å²) < 4.78 is 22.7. The van der Waals surface area contributed by atoms with Gasteiger partial charge in [-0.25, -0.2) is 0 Å². The van der Waals surface area contributed by atoms with E-state index in [9.17, 15) is 14.4 Å². The SMILES string of the molecule is COc1ccc(OC)c(CN2C(=O)[C@@H](N3C(=O)c4ccccc4C3=O)[C@H]2C2COC(C)(C)O2)c1. The Morgan fingerprint density at radius 2 is 1.68 bits per heavy atom. The van der Waals surface area contributed by atoms with E-state index < -0.39 is 35.8 Å². The number of nitrogens with zero attached hydrogens (tertiary/aromatic N) is 2. The van der Waals surface area contributed by atoms with Crippen LogP contribution in [0.5, 0.6) is 11.5 Å². The zero-order valence-electron chi connectivity index (χ0n) is 19.4. The van der Waals surface area contributed by atoms with E-state index in [1.807, 2.05) is 0 Å². The van der Waals surface area contributed by atoms with Gasteiger partial charge in [0.1, 0.15) is 23.6 Å². The minimum Gasteiger partial charge on any atom is -0.497 e. The summed E-state index contributed by atoms with van der Waals surface area (Å²) in [4.78, 5) is 42.5. The molecule has 2 saturated heterocycles. The summed E-state index contributed by atoms with van der Waals surface area (Å²) in [5.74, 6) is -0.895. The molecule has 9 nitrogen and oxygen atoms in total. The molecule has 0 bridgehead atoms. The second-order valence-corrected chi connectivity index (χ2v) is 8.97. The average Bonchev–Trinajstić information content (AvgIpc) is 3.31. The van der Waals surface area contributed by atoms with Crippen LogP contribution in [-0.2, 0) is 20.8 Å². The lowest BCUT2D eigenvalue weighted by atomic mass is 9.88. The molecule has 3 amide bonds. The molecule has 3 aliphatic rings. The number of imide groups is 1. The highest BCUT2D eigenvalue weighted by Gasteiger charge is 2.60.